The lowest BCUT2D eigenvalue weighted by atomic mass is 10.1. The SMILES string of the molecule is C/C(=N\NC(=O)Nc1ccc(C(=O)O)c(Cl)c1)c1csc(-c2ccc(OC(F)(F)F)cc2)c1O. The van der Waals surface area contributed by atoms with E-state index in [0.717, 1.165) is 23.5 Å². The van der Waals surface area contributed by atoms with Crippen LogP contribution in [0.3, 0.4) is 0 Å². The maximum Gasteiger partial charge on any atom is 0.573 e. The number of hydrazone groups is 1. The number of carboxylic acids is 1. The topological polar surface area (TPSA) is 120 Å². The first-order valence-electron chi connectivity index (χ1n) is 9.25. The van der Waals surface area contributed by atoms with Crippen molar-refractivity contribution in [2.75, 3.05) is 5.32 Å². The van der Waals surface area contributed by atoms with Crippen LogP contribution in [-0.2, 0) is 0 Å². The molecule has 3 rings (SSSR count). The molecule has 1 aromatic heterocycles. The number of nitrogens with zero attached hydrogens (tertiary/aromatic N) is 1. The van der Waals surface area contributed by atoms with Crippen molar-refractivity contribution >= 4 is 46.3 Å². The molecule has 0 bridgehead atoms. The quantitative estimate of drug-likeness (QED) is 0.241. The van der Waals surface area contributed by atoms with E-state index in [0.29, 0.717) is 16.0 Å². The number of anilines is 1. The Labute approximate surface area is 199 Å². The van der Waals surface area contributed by atoms with Crippen LogP contribution in [0.25, 0.3) is 10.4 Å². The second-order valence-electron chi connectivity index (χ2n) is 6.66. The Kier molecular flexibility index (Phi) is 7.32. The van der Waals surface area contributed by atoms with E-state index in [9.17, 15) is 27.9 Å². The second kappa shape index (κ2) is 10.0. The van der Waals surface area contributed by atoms with Crippen molar-refractivity contribution in [1.82, 2.24) is 5.43 Å². The summed E-state index contributed by atoms with van der Waals surface area (Å²) in [5.41, 5.74) is 3.39. The molecule has 0 aliphatic heterocycles. The Morgan fingerprint density at radius 3 is 2.38 bits per heavy atom. The van der Waals surface area contributed by atoms with Gasteiger partial charge in [-0.15, -0.1) is 24.5 Å². The zero-order valence-electron chi connectivity index (χ0n) is 17.1. The summed E-state index contributed by atoms with van der Waals surface area (Å²) in [6.07, 6.45) is -4.80. The molecule has 0 atom stereocenters. The van der Waals surface area contributed by atoms with Gasteiger partial charge in [0.1, 0.15) is 11.5 Å². The van der Waals surface area contributed by atoms with Crippen LogP contribution in [-0.4, -0.2) is 34.3 Å². The number of hydrogen-bond acceptors (Lipinski definition) is 6. The number of ether oxygens (including phenoxy) is 1. The van der Waals surface area contributed by atoms with Crippen molar-refractivity contribution in [2.45, 2.75) is 13.3 Å². The largest absolute Gasteiger partial charge is 0.573 e. The Hall–Kier alpha value is -3.77. The number of rotatable bonds is 6. The molecular weight excluding hydrogens is 499 g/mol. The maximum atomic E-state index is 12.3. The molecule has 178 valence electrons. The van der Waals surface area contributed by atoms with E-state index in [4.69, 9.17) is 16.7 Å². The van der Waals surface area contributed by atoms with Crippen LogP contribution in [0.1, 0.15) is 22.8 Å². The zero-order valence-corrected chi connectivity index (χ0v) is 18.7. The molecular formula is C21H15ClF3N3O5S. The average molecular weight is 514 g/mol. The van der Waals surface area contributed by atoms with E-state index in [1.54, 1.807) is 5.38 Å². The van der Waals surface area contributed by atoms with E-state index in [-0.39, 0.29) is 33.5 Å². The molecule has 13 heteroatoms. The van der Waals surface area contributed by atoms with Gasteiger partial charge in [-0.1, -0.05) is 11.6 Å². The van der Waals surface area contributed by atoms with Crippen LogP contribution in [0, 0.1) is 0 Å². The third-order valence-electron chi connectivity index (χ3n) is 4.29. The summed E-state index contributed by atoms with van der Waals surface area (Å²) in [7, 11) is 0. The number of urea groups is 1. The molecule has 0 aliphatic carbocycles. The van der Waals surface area contributed by atoms with Crippen molar-refractivity contribution in [3.05, 3.63) is 64.0 Å². The summed E-state index contributed by atoms with van der Waals surface area (Å²) < 4.78 is 40.7. The summed E-state index contributed by atoms with van der Waals surface area (Å²) in [4.78, 5) is 23.5. The third kappa shape index (κ3) is 6.17. The number of carbonyl (C=O) groups is 2. The van der Waals surface area contributed by atoms with Crippen molar-refractivity contribution in [1.29, 1.82) is 0 Å². The summed E-state index contributed by atoms with van der Waals surface area (Å²) in [6.45, 7) is 1.53. The van der Waals surface area contributed by atoms with Crippen LogP contribution in [0.2, 0.25) is 5.02 Å². The number of carbonyl (C=O) groups excluding carboxylic acids is 1. The molecule has 0 saturated heterocycles. The smallest absolute Gasteiger partial charge is 0.506 e. The molecule has 8 nitrogen and oxygen atoms in total. The predicted molar refractivity (Wildman–Crippen MR) is 121 cm³/mol. The van der Waals surface area contributed by atoms with Gasteiger partial charge < -0.3 is 20.3 Å². The minimum absolute atomic E-state index is 0.0568. The Balaban J connectivity index is 1.68. The number of aromatic hydroxyl groups is 1. The number of thiophene rings is 1. The Bertz CT molecular complexity index is 1260. The predicted octanol–water partition coefficient (Wildman–Crippen LogP) is 5.92. The fourth-order valence-electron chi connectivity index (χ4n) is 2.74. The first kappa shape index (κ1) is 24.9. The molecule has 2 aromatic carbocycles. The van der Waals surface area contributed by atoms with Crippen molar-refractivity contribution in [3.8, 4) is 21.9 Å². The number of carboxylic acid groups (broad SMARTS) is 1. The van der Waals surface area contributed by atoms with Gasteiger partial charge in [0.05, 0.1) is 26.7 Å². The molecule has 0 spiro atoms. The maximum absolute atomic E-state index is 12.3. The summed E-state index contributed by atoms with van der Waals surface area (Å²) >= 11 is 6.99. The Morgan fingerprint density at radius 2 is 1.79 bits per heavy atom. The standard InChI is InChI=1S/C21H15ClF3N3O5S/c1-10(27-28-20(32)26-12-4-7-14(19(30)31)16(22)8-12)15-9-34-18(17(15)29)11-2-5-13(6-3-11)33-21(23,24)25/h2-9,29H,1H3,(H,30,31)(H2,26,28,32)/b27-10+. The number of halogens is 4. The van der Waals surface area contributed by atoms with Crippen molar-refractivity contribution < 1.29 is 37.7 Å². The normalized spacial score (nSPS) is 11.7. The van der Waals surface area contributed by atoms with Gasteiger partial charge in [-0.3, -0.25) is 0 Å². The molecule has 0 fully saturated rings. The van der Waals surface area contributed by atoms with Gasteiger partial charge >= 0.3 is 18.4 Å². The first-order valence-corrected chi connectivity index (χ1v) is 10.5. The van der Waals surface area contributed by atoms with Crippen LogP contribution in [0.5, 0.6) is 11.5 Å². The number of nitrogens with one attached hydrogen (secondary N) is 2. The monoisotopic (exact) mass is 513 g/mol. The molecule has 4 N–H and O–H groups in total. The molecule has 1 heterocycles. The van der Waals surface area contributed by atoms with E-state index in [1.165, 1.54) is 37.3 Å². The molecule has 0 unspecified atom stereocenters. The Morgan fingerprint density at radius 1 is 1.12 bits per heavy atom. The summed E-state index contributed by atoms with van der Waals surface area (Å²) in [5.74, 6) is -1.75. The number of benzene rings is 2. The van der Waals surface area contributed by atoms with Gasteiger partial charge in [0.25, 0.3) is 0 Å². The number of aromatic carboxylic acids is 1. The highest BCUT2D eigenvalue weighted by molar-refractivity contribution is 7.14. The molecule has 3 aromatic rings. The van der Waals surface area contributed by atoms with E-state index in [2.05, 4.69) is 20.6 Å². The van der Waals surface area contributed by atoms with Crippen molar-refractivity contribution in [2.24, 2.45) is 5.10 Å². The molecule has 0 saturated carbocycles. The molecule has 0 radical (unpaired) electrons. The number of amides is 2. The highest BCUT2D eigenvalue weighted by Crippen LogP contribution is 2.39. The van der Waals surface area contributed by atoms with Gasteiger partial charge in [0.15, 0.2) is 0 Å². The fourth-order valence-corrected chi connectivity index (χ4v) is 4.01. The van der Waals surface area contributed by atoms with Gasteiger partial charge in [-0.25, -0.2) is 15.0 Å². The van der Waals surface area contributed by atoms with Gasteiger partial charge in [0.2, 0.25) is 0 Å². The highest BCUT2D eigenvalue weighted by atomic mass is 35.5. The second-order valence-corrected chi connectivity index (χ2v) is 7.95. The summed E-state index contributed by atoms with van der Waals surface area (Å²) in [6, 6.07) is 8.12. The van der Waals surface area contributed by atoms with Gasteiger partial charge in [0, 0.05) is 11.1 Å². The zero-order chi connectivity index (χ0) is 25.0. The van der Waals surface area contributed by atoms with Crippen LogP contribution in [0.15, 0.2) is 52.9 Å². The minimum Gasteiger partial charge on any atom is -0.506 e. The number of hydrogen-bond donors (Lipinski definition) is 4. The van der Waals surface area contributed by atoms with E-state index >= 15 is 0 Å². The molecule has 0 aliphatic rings. The highest BCUT2D eigenvalue weighted by Gasteiger charge is 2.31. The third-order valence-corrected chi connectivity index (χ3v) is 5.62. The fraction of sp³-hybridized carbons (Fsp3) is 0.0952. The van der Waals surface area contributed by atoms with E-state index in [1.807, 2.05) is 0 Å². The average Bonchev–Trinajstić information content (AvgIpc) is 3.12. The molecule has 34 heavy (non-hydrogen) atoms. The van der Waals surface area contributed by atoms with Crippen LogP contribution in [0.4, 0.5) is 23.7 Å². The minimum atomic E-state index is -4.80. The summed E-state index contributed by atoms with van der Waals surface area (Å²) in [5, 5.41) is 27.4. The van der Waals surface area contributed by atoms with Gasteiger partial charge in [-0.2, -0.15) is 5.10 Å². The van der Waals surface area contributed by atoms with E-state index < -0.39 is 18.4 Å². The lowest BCUT2D eigenvalue weighted by molar-refractivity contribution is -0.274. The van der Waals surface area contributed by atoms with Crippen molar-refractivity contribution in [3.63, 3.8) is 0 Å². The van der Waals surface area contributed by atoms with Gasteiger partial charge in [-0.05, 0) is 55.0 Å². The van der Waals surface area contributed by atoms with Crippen LogP contribution >= 0.6 is 22.9 Å². The number of alkyl halides is 3. The first-order chi connectivity index (χ1) is 15.9. The lowest BCUT2D eigenvalue weighted by Gasteiger charge is -2.09. The lowest BCUT2D eigenvalue weighted by Crippen LogP contribution is -2.25. The molecule has 2 amide bonds. The van der Waals surface area contributed by atoms with Crippen LogP contribution < -0.4 is 15.5 Å².